The molecular formula is C22H22F3N3O4. The van der Waals surface area contributed by atoms with Crippen molar-refractivity contribution >= 4 is 16.8 Å². The Kier molecular flexibility index (Phi) is 6.27. The highest BCUT2D eigenvalue weighted by Gasteiger charge is 2.32. The summed E-state index contributed by atoms with van der Waals surface area (Å²) in [6, 6.07) is 3.65. The number of carbonyl (C=O) groups excluding carboxylic acids is 1. The highest BCUT2D eigenvalue weighted by atomic mass is 19.1. The minimum Gasteiger partial charge on any atom is -0.390 e. The van der Waals surface area contributed by atoms with E-state index in [1.807, 2.05) is 0 Å². The molecule has 3 rings (SSSR count). The Morgan fingerprint density at radius 1 is 1.12 bits per heavy atom. The van der Waals surface area contributed by atoms with Gasteiger partial charge >= 0.3 is 5.69 Å². The topological polar surface area (TPSA) is 104 Å². The summed E-state index contributed by atoms with van der Waals surface area (Å²) in [5.41, 5.74) is -3.26. The lowest BCUT2D eigenvalue weighted by atomic mass is 9.97. The van der Waals surface area contributed by atoms with E-state index >= 15 is 0 Å². The number of nitrogens with one attached hydrogen (secondary N) is 2. The third-order valence-corrected chi connectivity index (χ3v) is 4.99. The van der Waals surface area contributed by atoms with Gasteiger partial charge in [0.15, 0.2) is 0 Å². The first-order valence-corrected chi connectivity index (χ1v) is 9.79. The van der Waals surface area contributed by atoms with Crippen molar-refractivity contribution in [2.45, 2.75) is 44.9 Å². The standard InChI is InChI=1S/C22H22F3N3O4/c1-11(14-6-4-13(24)9-16(14)25)26-19(29)18(10-22(2,3)32)28-20(30)15-8-12(23)5-7-17(15)27-21(28)31/h4-9,11,18,32H,10H2,1-3H3,(H,26,29)(H,27,31)/t11-,18-/m0/s1. The van der Waals surface area contributed by atoms with E-state index in [0.29, 0.717) is 10.6 Å². The van der Waals surface area contributed by atoms with Crippen LogP contribution in [0, 0.1) is 17.5 Å². The summed E-state index contributed by atoms with van der Waals surface area (Å²) in [5, 5.41) is 12.6. The van der Waals surface area contributed by atoms with E-state index in [1.165, 1.54) is 32.9 Å². The Hall–Kier alpha value is -3.40. The summed E-state index contributed by atoms with van der Waals surface area (Å²) in [4.78, 5) is 41.2. The molecule has 0 spiro atoms. The highest BCUT2D eigenvalue weighted by Crippen LogP contribution is 2.23. The lowest BCUT2D eigenvalue weighted by Gasteiger charge is -2.27. The molecule has 0 aliphatic carbocycles. The van der Waals surface area contributed by atoms with Crippen molar-refractivity contribution in [1.82, 2.24) is 14.9 Å². The molecule has 0 radical (unpaired) electrons. The van der Waals surface area contributed by atoms with Crippen LogP contribution in [-0.2, 0) is 4.79 Å². The van der Waals surface area contributed by atoms with Crippen LogP contribution in [0.15, 0.2) is 46.0 Å². The molecule has 1 aromatic heterocycles. The molecule has 10 heteroatoms. The van der Waals surface area contributed by atoms with Gasteiger partial charge in [-0.1, -0.05) is 6.07 Å². The Bertz CT molecular complexity index is 1290. The average Bonchev–Trinajstić information content (AvgIpc) is 2.66. The third kappa shape index (κ3) is 4.91. The number of amides is 1. The van der Waals surface area contributed by atoms with Gasteiger partial charge in [-0.3, -0.25) is 9.59 Å². The second-order valence-corrected chi connectivity index (χ2v) is 8.22. The van der Waals surface area contributed by atoms with Crippen LogP contribution < -0.4 is 16.6 Å². The van der Waals surface area contributed by atoms with Gasteiger partial charge in [0, 0.05) is 18.1 Å². The van der Waals surface area contributed by atoms with Crippen LogP contribution in [0.3, 0.4) is 0 Å². The number of rotatable bonds is 6. The fraction of sp³-hybridized carbons (Fsp3) is 0.318. The van der Waals surface area contributed by atoms with Gasteiger partial charge in [0.1, 0.15) is 23.5 Å². The van der Waals surface area contributed by atoms with Gasteiger partial charge < -0.3 is 15.4 Å². The number of hydrogen-bond acceptors (Lipinski definition) is 4. The predicted molar refractivity (Wildman–Crippen MR) is 112 cm³/mol. The van der Waals surface area contributed by atoms with E-state index in [4.69, 9.17) is 0 Å². The molecule has 1 heterocycles. The van der Waals surface area contributed by atoms with Crippen molar-refractivity contribution < 1.29 is 23.1 Å². The van der Waals surface area contributed by atoms with Crippen LogP contribution >= 0.6 is 0 Å². The highest BCUT2D eigenvalue weighted by molar-refractivity contribution is 5.82. The molecule has 170 valence electrons. The second-order valence-electron chi connectivity index (χ2n) is 8.22. The molecule has 0 saturated carbocycles. The van der Waals surface area contributed by atoms with Gasteiger partial charge in [-0.2, -0.15) is 0 Å². The number of aliphatic hydroxyl groups is 1. The van der Waals surface area contributed by atoms with Gasteiger partial charge in [-0.05, 0) is 45.0 Å². The van der Waals surface area contributed by atoms with E-state index in [1.54, 1.807) is 0 Å². The zero-order valence-electron chi connectivity index (χ0n) is 17.6. The SMILES string of the molecule is C[C@H](NC(=O)[C@H](CC(C)(C)O)n1c(=O)[nH]c2ccc(F)cc2c1=O)c1ccc(F)cc1F. The maximum absolute atomic E-state index is 14.1. The van der Waals surface area contributed by atoms with E-state index in [0.717, 1.165) is 18.2 Å². The van der Waals surface area contributed by atoms with Crippen molar-refractivity contribution in [2.75, 3.05) is 0 Å². The number of carbonyl (C=O) groups is 1. The van der Waals surface area contributed by atoms with E-state index in [-0.39, 0.29) is 22.9 Å². The molecule has 0 bridgehead atoms. The minimum atomic E-state index is -1.50. The van der Waals surface area contributed by atoms with Crippen molar-refractivity contribution in [3.05, 3.63) is 80.3 Å². The average molecular weight is 449 g/mol. The normalized spacial score (nSPS) is 13.7. The van der Waals surface area contributed by atoms with Gasteiger partial charge in [-0.15, -0.1) is 0 Å². The maximum Gasteiger partial charge on any atom is 0.329 e. The molecule has 3 aromatic rings. The van der Waals surface area contributed by atoms with Crippen LogP contribution in [0.2, 0.25) is 0 Å². The number of aromatic amines is 1. The smallest absolute Gasteiger partial charge is 0.329 e. The van der Waals surface area contributed by atoms with Crippen molar-refractivity contribution in [3.63, 3.8) is 0 Å². The van der Waals surface area contributed by atoms with E-state index < -0.39 is 52.3 Å². The number of fused-ring (bicyclic) bond motifs is 1. The Morgan fingerprint density at radius 3 is 2.38 bits per heavy atom. The molecule has 0 fully saturated rings. The Labute approximate surface area is 180 Å². The second kappa shape index (κ2) is 8.62. The molecule has 0 saturated heterocycles. The summed E-state index contributed by atoms with van der Waals surface area (Å²) >= 11 is 0. The van der Waals surface area contributed by atoms with Crippen molar-refractivity contribution in [2.24, 2.45) is 0 Å². The predicted octanol–water partition coefficient (Wildman–Crippen LogP) is 2.69. The minimum absolute atomic E-state index is 0.0106. The molecular weight excluding hydrogens is 427 g/mol. The number of hydrogen-bond donors (Lipinski definition) is 3. The van der Waals surface area contributed by atoms with Crippen LogP contribution in [0.4, 0.5) is 13.2 Å². The molecule has 3 N–H and O–H groups in total. The largest absolute Gasteiger partial charge is 0.390 e. The Morgan fingerprint density at radius 2 is 1.75 bits per heavy atom. The molecule has 2 atom stereocenters. The first-order chi connectivity index (χ1) is 14.9. The molecule has 2 aromatic carbocycles. The summed E-state index contributed by atoms with van der Waals surface area (Å²) in [7, 11) is 0. The van der Waals surface area contributed by atoms with Gasteiger partial charge in [0.05, 0.1) is 22.5 Å². The van der Waals surface area contributed by atoms with Crippen molar-refractivity contribution in [1.29, 1.82) is 0 Å². The van der Waals surface area contributed by atoms with Gasteiger partial charge in [0.25, 0.3) is 5.56 Å². The number of nitrogens with zero attached hydrogens (tertiary/aromatic N) is 1. The molecule has 32 heavy (non-hydrogen) atoms. The zero-order valence-corrected chi connectivity index (χ0v) is 17.6. The van der Waals surface area contributed by atoms with Crippen LogP contribution in [0.5, 0.6) is 0 Å². The Balaban J connectivity index is 2.06. The van der Waals surface area contributed by atoms with Crippen molar-refractivity contribution in [3.8, 4) is 0 Å². The monoisotopic (exact) mass is 449 g/mol. The fourth-order valence-corrected chi connectivity index (χ4v) is 3.50. The summed E-state index contributed by atoms with van der Waals surface area (Å²) < 4.78 is 41.6. The third-order valence-electron chi connectivity index (χ3n) is 4.99. The fourth-order valence-electron chi connectivity index (χ4n) is 3.50. The molecule has 0 aliphatic rings. The summed E-state index contributed by atoms with van der Waals surface area (Å²) in [6.07, 6.45) is -0.346. The lowest BCUT2D eigenvalue weighted by Crippen LogP contribution is -2.47. The molecule has 1 amide bonds. The number of H-pyrrole nitrogens is 1. The first-order valence-electron chi connectivity index (χ1n) is 9.79. The van der Waals surface area contributed by atoms with E-state index in [2.05, 4.69) is 10.3 Å². The number of aromatic nitrogens is 2. The molecule has 0 unspecified atom stereocenters. The molecule has 7 nitrogen and oxygen atoms in total. The van der Waals surface area contributed by atoms with Crippen LogP contribution in [0.25, 0.3) is 10.9 Å². The van der Waals surface area contributed by atoms with Gasteiger partial charge in [0.2, 0.25) is 5.91 Å². The summed E-state index contributed by atoms with van der Waals surface area (Å²) in [5.74, 6) is -3.23. The zero-order chi connectivity index (χ0) is 23.8. The number of halogens is 3. The van der Waals surface area contributed by atoms with Crippen LogP contribution in [-0.4, -0.2) is 26.2 Å². The number of benzene rings is 2. The maximum atomic E-state index is 14.1. The lowest BCUT2D eigenvalue weighted by molar-refractivity contribution is -0.127. The van der Waals surface area contributed by atoms with Gasteiger partial charge in [-0.25, -0.2) is 22.5 Å². The first kappa shape index (κ1) is 23.3. The molecule has 0 aliphatic heterocycles. The van der Waals surface area contributed by atoms with E-state index in [9.17, 15) is 32.7 Å². The quantitative estimate of drug-likeness (QED) is 0.538. The summed E-state index contributed by atoms with van der Waals surface area (Å²) in [6.45, 7) is 4.21. The van der Waals surface area contributed by atoms with Crippen LogP contribution in [0.1, 0.15) is 44.8 Å².